The summed E-state index contributed by atoms with van der Waals surface area (Å²) in [5, 5.41) is 11.9. The van der Waals surface area contributed by atoms with Crippen molar-refractivity contribution >= 4 is 0 Å². The lowest BCUT2D eigenvalue weighted by Crippen LogP contribution is -2.26. The Balaban J connectivity index is 2.39. The molecule has 0 unspecified atom stereocenters. The molecule has 0 saturated heterocycles. The van der Waals surface area contributed by atoms with Crippen molar-refractivity contribution in [3.8, 4) is 0 Å². The monoisotopic (exact) mass is 191 g/mol. The first-order chi connectivity index (χ1) is 6.57. The van der Waals surface area contributed by atoms with E-state index in [2.05, 4.69) is 42.4 Å². The van der Waals surface area contributed by atoms with Gasteiger partial charge < -0.3 is 5.32 Å². The van der Waals surface area contributed by atoms with Crippen LogP contribution in [0.3, 0.4) is 0 Å². The van der Waals surface area contributed by atoms with E-state index in [1.165, 1.54) is 5.56 Å². The first-order valence-corrected chi connectivity index (χ1v) is 5.14. The van der Waals surface area contributed by atoms with Crippen LogP contribution < -0.4 is 5.32 Å². The van der Waals surface area contributed by atoms with Gasteiger partial charge in [0.25, 0.3) is 0 Å². The van der Waals surface area contributed by atoms with E-state index >= 15 is 0 Å². The van der Waals surface area contributed by atoms with Crippen LogP contribution >= 0.6 is 0 Å². The number of fused-ring (bicyclic) bond motifs is 1. The molecule has 0 atom stereocenters. The van der Waals surface area contributed by atoms with Gasteiger partial charge in [-0.2, -0.15) is 10.2 Å². The standard InChI is InChI=1S/C11H17N3/c1-11(2,3)10-6-8-7-12-5-4-9(8)13-14-10/h6,12H,4-5,7H2,1-3H3. The third-order valence-corrected chi connectivity index (χ3v) is 2.58. The van der Waals surface area contributed by atoms with Gasteiger partial charge in [-0.15, -0.1) is 0 Å². The number of nitrogens with zero attached hydrogens (tertiary/aromatic N) is 2. The molecule has 1 aliphatic rings. The fourth-order valence-electron chi connectivity index (χ4n) is 1.62. The molecule has 2 rings (SSSR count). The minimum atomic E-state index is 0.0967. The molecule has 0 fully saturated rings. The predicted molar refractivity (Wildman–Crippen MR) is 56.1 cm³/mol. The fraction of sp³-hybridized carbons (Fsp3) is 0.636. The van der Waals surface area contributed by atoms with Crippen molar-refractivity contribution in [3.05, 3.63) is 23.0 Å². The number of hydrogen-bond acceptors (Lipinski definition) is 3. The van der Waals surface area contributed by atoms with Gasteiger partial charge in [0.2, 0.25) is 0 Å². The SMILES string of the molecule is CC(C)(C)c1cc2c(nn1)CCNC2. The smallest absolute Gasteiger partial charge is 0.0688 e. The zero-order valence-electron chi connectivity index (χ0n) is 9.09. The Hall–Kier alpha value is -0.960. The first-order valence-electron chi connectivity index (χ1n) is 5.14. The molecule has 3 nitrogen and oxygen atoms in total. The summed E-state index contributed by atoms with van der Waals surface area (Å²) >= 11 is 0. The molecule has 1 aromatic rings. The van der Waals surface area contributed by atoms with Crippen LogP contribution in [0.4, 0.5) is 0 Å². The molecular formula is C11H17N3. The van der Waals surface area contributed by atoms with Crippen molar-refractivity contribution in [1.29, 1.82) is 0 Å². The van der Waals surface area contributed by atoms with Gasteiger partial charge in [0, 0.05) is 24.9 Å². The largest absolute Gasteiger partial charge is 0.312 e. The Labute approximate surface area is 84.9 Å². The Morgan fingerprint density at radius 2 is 2.07 bits per heavy atom. The fourth-order valence-corrected chi connectivity index (χ4v) is 1.62. The van der Waals surface area contributed by atoms with Crippen molar-refractivity contribution in [3.63, 3.8) is 0 Å². The van der Waals surface area contributed by atoms with Gasteiger partial charge in [0.1, 0.15) is 0 Å². The Morgan fingerprint density at radius 1 is 1.29 bits per heavy atom. The predicted octanol–water partition coefficient (Wildman–Crippen LogP) is 1.42. The third kappa shape index (κ3) is 1.77. The highest BCUT2D eigenvalue weighted by Crippen LogP contribution is 2.22. The second-order valence-electron chi connectivity index (χ2n) is 4.88. The molecule has 0 aromatic carbocycles. The number of rotatable bonds is 0. The molecule has 1 aromatic heterocycles. The minimum Gasteiger partial charge on any atom is -0.312 e. The average Bonchev–Trinajstić information content (AvgIpc) is 2.16. The van der Waals surface area contributed by atoms with Crippen LogP contribution in [0.5, 0.6) is 0 Å². The van der Waals surface area contributed by atoms with E-state index in [-0.39, 0.29) is 5.41 Å². The number of nitrogens with one attached hydrogen (secondary N) is 1. The van der Waals surface area contributed by atoms with E-state index in [1.807, 2.05) is 0 Å². The van der Waals surface area contributed by atoms with Gasteiger partial charge in [-0.25, -0.2) is 0 Å². The summed E-state index contributed by atoms with van der Waals surface area (Å²) in [6, 6.07) is 2.19. The van der Waals surface area contributed by atoms with E-state index < -0.39 is 0 Å². The summed E-state index contributed by atoms with van der Waals surface area (Å²) in [5.74, 6) is 0. The lowest BCUT2D eigenvalue weighted by molar-refractivity contribution is 0.542. The van der Waals surface area contributed by atoms with Crippen LogP contribution in [0.15, 0.2) is 6.07 Å². The maximum atomic E-state index is 4.30. The number of aromatic nitrogens is 2. The van der Waals surface area contributed by atoms with E-state index in [9.17, 15) is 0 Å². The van der Waals surface area contributed by atoms with Crippen LogP contribution in [0.1, 0.15) is 37.7 Å². The van der Waals surface area contributed by atoms with Gasteiger partial charge >= 0.3 is 0 Å². The van der Waals surface area contributed by atoms with Crippen molar-refractivity contribution in [2.45, 2.75) is 39.2 Å². The van der Waals surface area contributed by atoms with Crippen molar-refractivity contribution in [2.75, 3.05) is 6.54 Å². The Kier molecular flexibility index (Phi) is 2.27. The lowest BCUT2D eigenvalue weighted by Gasteiger charge is -2.21. The molecule has 0 radical (unpaired) electrons. The zero-order valence-corrected chi connectivity index (χ0v) is 9.09. The molecule has 0 bridgehead atoms. The molecule has 76 valence electrons. The number of hydrogen-bond donors (Lipinski definition) is 1. The maximum Gasteiger partial charge on any atom is 0.0688 e. The average molecular weight is 191 g/mol. The summed E-state index contributed by atoms with van der Waals surface area (Å²) in [4.78, 5) is 0. The first kappa shape index (κ1) is 9.59. The van der Waals surface area contributed by atoms with Crippen LogP contribution in [-0.2, 0) is 18.4 Å². The topological polar surface area (TPSA) is 37.8 Å². The van der Waals surface area contributed by atoms with Crippen LogP contribution in [0, 0.1) is 0 Å². The summed E-state index contributed by atoms with van der Waals surface area (Å²) < 4.78 is 0. The van der Waals surface area contributed by atoms with Crippen molar-refractivity contribution in [1.82, 2.24) is 15.5 Å². The van der Waals surface area contributed by atoms with E-state index in [0.29, 0.717) is 0 Å². The maximum absolute atomic E-state index is 4.30. The minimum absolute atomic E-state index is 0.0967. The molecule has 2 heterocycles. The summed E-state index contributed by atoms with van der Waals surface area (Å²) in [5.41, 5.74) is 3.66. The molecule has 1 N–H and O–H groups in total. The van der Waals surface area contributed by atoms with E-state index in [0.717, 1.165) is 30.9 Å². The quantitative estimate of drug-likeness (QED) is 0.674. The highest BCUT2D eigenvalue weighted by molar-refractivity contribution is 5.26. The van der Waals surface area contributed by atoms with Gasteiger partial charge in [0.05, 0.1) is 11.4 Å². The molecule has 0 spiro atoms. The van der Waals surface area contributed by atoms with E-state index in [1.54, 1.807) is 0 Å². The van der Waals surface area contributed by atoms with Gasteiger partial charge in [-0.3, -0.25) is 0 Å². The highest BCUT2D eigenvalue weighted by atomic mass is 15.1. The lowest BCUT2D eigenvalue weighted by atomic mass is 9.90. The summed E-state index contributed by atoms with van der Waals surface area (Å²) in [6.45, 7) is 8.46. The van der Waals surface area contributed by atoms with Crippen molar-refractivity contribution in [2.24, 2.45) is 0 Å². The molecule has 1 aliphatic heterocycles. The van der Waals surface area contributed by atoms with Crippen LogP contribution in [0.25, 0.3) is 0 Å². The Morgan fingerprint density at radius 3 is 2.79 bits per heavy atom. The summed E-state index contributed by atoms with van der Waals surface area (Å²) in [6.07, 6.45) is 1.01. The molecule has 0 amide bonds. The van der Waals surface area contributed by atoms with E-state index in [4.69, 9.17) is 0 Å². The normalized spacial score (nSPS) is 16.5. The molecule has 14 heavy (non-hydrogen) atoms. The molecule has 0 aliphatic carbocycles. The van der Waals surface area contributed by atoms with Gasteiger partial charge in [-0.1, -0.05) is 20.8 Å². The molecular weight excluding hydrogens is 174 g/mol. The second kappa shape index (κ2) is 3.31. The Bertz CT molecular complexity index is 339. The third-order valence-electron chi connectivity index (χ3n) is 2.58. The second-order valence-corrected chi connectivity index (χ2v) is 4.88. The highest BCUT2D eigenvalue weighted by Gasteiger charge is 2.19. The van der Waals surface area contributed by atoms with Crippen LogP contribution in [-0.4, -0.2) is 16.7 Å². The molecule has 0 saturated carbocycles. The van der Waals surface area contributed by atoms with Gasteiger partial charge in [0.15, 0.2) is 0 Å². The molecule has 3 heteroatoms. The zero-order chi connectivity index (χ0) is 10.2. The summed E-state index contributed by atoms with van der Waals surface area (Å²) in [7, 11) is 0. The van der Waals surface area contributed by atoms with Crippen LogP contribution in [0.2, 0.25) is 0 Å². The van der Waals surface area contributed by atoms with Gasteiger partial charge in [-0.05, 0) is 11.6 Å². The van der Waals surface area contributed by atoms with Crippen molar-refractivity contribution < 1.29 is 0 Å².